The van der Waals surface area contributed by atoms with E-state index in [0.717, 1.165) is 24.2 Å². The Morgan fingerprint density at radius 2 is 1.65 bits per heavy atom. The lowest BCUT2D eigenvalue weighted by atomic mass is 10.1. The van der Waals surface area contributed by atoms with Crippen molar-refractivity contribution in [3.05, 3.63) is 12.2 Å². The van der Waals surface area contributed by atoms with Gasteiger partial charge in [-0.25, -0.2) is 4.79 Å². The quantitative estimate of drug-likeness (QED) is 0.369. The Bertz CT molecular complexity index is 371. The van der Waals surface area contributed by atoms with Crippen molar-refractivity contribution in [2.24, 2.45) is 0 Å². The second-order valence-corrected chi connectivity index (χ2v) is 4.99. The second kappa shape index (κ2) is 8.51. The van der Waals surface area contributed by atoms with Crippen molar-refractivity contribution in [2.75, 3.05) is 6.61 Å². The van der Waals surface area contributed by atoms with Gasteiger partial charge in [-0.3, -0.25) is 14.5 Å². The molecule has 1 aliphatic rings. The minimum atomic E-state index is -0.856. The van der Waals surface area contributed by atoms with E-state index in [0.29, 0.717) is 6.61 Å². The van der Waals surface area contributed by atoms with Gasteiger partial charge in [0.05, 0.1) is 6.61 Å². The summed E-state index contributed by atoms with van der Waals surface area (Å²) in [5.41, 5.74) is 0. The molecule has 1 atom stereocenters. The molecule has 0 radical (unpaired) electrons. The van der Waals surface area contributed by atoms with E-state index in [9.17, 15) is 14.4 Å². The monoisotopic (exact) mass is 281 g/mol. The number of hydrogen-bond donors (Lipinski definition) is 0. The standard InChI is InChI=1S/C15H23NO4/c1-3-4-5-6-7-8-11-20-15(19)12(2)16-13(17)9-10-14(16)18/h9-10,12H,3-8,11H2,1-2H3. The first-order chi connectivity index (χ1) is 9.57. The summed E-state index contributed by atoms with van der Waals surface area (Å²) in [6.45, 7) is 4.02. The van der Waals surface area contributed by atoms with E-state index in [-0.39, 0.29) is 0 Å². The number of imide groups is 1. The molecule has 1 aliphatic heterocycles. The van der Waals surface area contributed by atoms with Crippen molar-refractivity contribution in [2.45, 2.75) is 58.4 Å². The molecule has 1 rings (SSSR count). The molecular formula is C15H23NO4. The van der Waals surface area contributed by atoms with Crippen LogP contribution in [0, 0.1) is 0 Å². The Hall–Kier alpha value is -1.65. The fourth-order valence-corrected chi connectivity index (χ4v) is 2.07. The average molecular weight is 281 g/mol. The molecule has 20 heavy (non-hydrogen) atoms. The molecule has 1 heterocycles. The largest absolute Gasteiger partial charge is 0.464 e. The molecule has 0 aliphatic carbocycles. The van der Waals surface area contributed by atoms with E-state index in [1.54, 1.807) is 0 Å². The van der Waals surface area contributed by atoms with Crippen LogP contribution in [0.5, 0.6) is 0 Å². The summed E-state index contributed by atoms with van der Waals surface area (Å²) in [5, 5.41) is 0. The molecule has 0 aromatic carbocycles. The highest BCUT2D eigenvalue weighted by molar-refractivity contribution is 6.14. The number of nitrogens with zero attached hydrogens (tertiary/aromatic N) is 1. The fraction of sp³-hybridized carbons (Fsp3) is 0.667. The zero-order chi connectivity index (χ0) is 15.0. The zero-order valence-electron chi connectivity index (χ0n) is 12.3. The first kappa shape index (κ1) is 16.4. The number of rotatable bonds is 9. The third-order valence-corrected chi connectivity index (χ3v) is 3.31. The maximum atomic E-state index is 11.8. The van der Waals surface area contributed by atoms with Crippen molar-refractivity contribution in [1.29, 1.82) is 0 Å². The summed E-state index contributed by atoms with van der Waals surface area (Å²) in [7, 11) is 0. The molecule has 0 fully saturated rings. The molecule has 5 nitrogen and oxygen atoms in total. The van der Waals surface area contributed by atoms with Gasteiger partial charge in [0.15, 0.2) is 0 Å². The van der Waals surface area contributed by atoms with Gasteiger partial charge in [-0.2, -0.15) is 0 Å². The third-order valence-electron chi connectivity index (χ3n) is 3.31. The maximum Gasteiger partial charge on any atom is 0.329 e. The molecule has 0 bridgehead atoms. The SMILES string of the molecule is CCCCCCCCOC(=O)C(C)N1C(=O)C=CC1=O. The van der Waals surface area contributed by atoms with E-state index in [1.807, 2.05) is 0 Å². The summed E-state index contributed by atoms with van der Waals surface area (Å²) < 4.78 is 5.11. The van der Waals surface area contributed by atoms with Gasteiger partial charge < -0.3 is 4.74 Å². The van der Waals surface area contributed by atoms with Gasteiger partial charge in [-0.1, -0.05) is 39.0 Å². The van der Waals surface area contributed by atoms with Crippen molar-refractivity contribution in [3.8, 4) is 0 Å². The van der Waals surface area contributed by atoms with Crippen molar-refractivity contribution >= 4 is 17.8 Å². The molecule has 5 heteroatoms. The van der Waals surface area contributed by atoms with Gasteiger partial charge in [0, 0.05) is 12.2 Å². The van der Waals surface area contributed by atoms with Crippen LogP contribution in [0.3, 0.4) is 0 Å². The molecule has 0 aromatic rings. The van der Waals surface area contributed by atoms with Crippen molar-refractivity contribution in [1.82, 2.24) is 4.90 Å². The molecule has 1 unspecified atom stereocenters. The molecule has 0 saturated heterocycles. The molecule has 0 N–H and O–H groups in total. The molecular weight excluding hydrogens is 258 g/mol. The Labute approximate surface area is 120 Å². The number of ether oxygens (including phenoxy) is 1. The fourth-order valence-electron chi connectivity index (χ4n) is 2.07. The first-order valence-corrected chi connectivity index (χ1v) is 7.29. The van der Waals surface area contributed by atoms with Crippen LogP contribution in [0.4, 0.5) is 0 Å². The van der Waals surface area contributed by atoms with Crippen LogP contribution in [0.2, 0.25) is 0 Å². The molecule has 2 amide bonds. The van der Waals surface area contributed by atoms with Gasteiger partial charge in [0.2, 0.25) is 0 Å². The van der Waals surface area contributed by atoms with Crippen LogP contribution in [-0.2, 0) is 19.1 Å². The molecule has 112 valence electrons. The molecule has 0 aromatic heterocycles. The highest BCUT2D eigenvalue weighted by Crippen LogP contribution is 2.11. The van der Waals surface area contributed by atoms with E-state index in [1.165, 1.54) is 38.3 Å². The normalized spacial score (nSPS) is 15.8. The van der Waals surface area contributed by atoms with Crippen LogP contribution in [0.1, 0.15) is 52.4 Å². The van der Waals surface area contributed by atoms with E-state index >= 15 is 0 Å². The Kier molecular flexibility index (Phi) is 6.98. The summed E-state index contributed by atoms with van der Waals surface area (Å²) in [6, 6.07) is -0.856. The third kappa shape index (κ3) is 4.79. The number of hydrogen-bond acceptors (Lipinski definition) is 4. The van der Waals surface area contributed by atoms with E-state index in [4.69, 9.17) is 4.74 Å². The van der Waals surface area contributed by atoms with Gasteiger partial charge in [-0.05, 0) is 13.3 Å². The lowest BCUT2D eigenvalue weighted by molar-refractivity contribution is -0.156. The summed E-state index contributed by atoms with van der Waals surface area (Å²) in [5.74, 6) is -1.44. The number of carbonyl (C=O) groups is 3. The number of esters is 1. The molecule has 0 saturated carbocycles. The van der Waals surface area contributed by atoms with Crippen molar-refractivity contribution < 1.29 is 19.1 Å². The van der Waals surface area contributed by atoms with E-state index in [2.05, 4.69) is 6.92 Å². The number of unbranched alkanes of at least 4 members (excludes halogenated alkanes) is 5. The Morgan fingerprint density at radius 1 is 1.10 bits per heavy atom. The highest BCUT2D eigenvalue weighted by Gasteiger charge is 2.33. The van der Waals surface area contributed by atoms with Gasteiger partial charge in [-0.15, -0.1) is 0 Å². The average Bonchev–Trinajstić information content (AvgIpc) is 2.76. The topological polar surface area (TPSA) is 63.7 Å². The number of amides is 2. The Morgan fingerprint density at radius 3 is 2.25 bits per heavy atom. The zero-order valence-corrected chi connectivity index (χ0v) is 12.3. The summed E-state index contributed by atoms with van der Waals surface area (Å²) in [4.78, 5) is 35.5. The van der Waals surface area contributed by atoms with Gasteiger partial charge in [0.1, 0.15) is 6.04 Å². The second-order valence-electron chi connectivity index (χ2n) is 4.99. The summed E-state index contributed by atoms with van der Waals surface area (Å²) >= 11 is 0. The van der Waals surface area contributed by atoms with Crippen LogP contribution in [0.15, 0.2) is 12.2 Å². The molecule has 0 spiro atoms. The minimum absolute atomic E-state index is 0.346. The predicted molar refractivity (Wildman–Crippen MR) is 74.8 cm³/mol. The highest BCUT2D eigenvalue weighted by atomic mass is 16.5. The van der Waals surface area contributed by atoms with Crippen LogP contribution in [-0.4, -0.2) is 35.3 Å². The van der Waals surface area contributed by atoms with Gasteiger partial charge in [0.25, 0.3) is 11.8 Å². The van der Waals surface area contributed by atoms with Crippen LogP contribution < -0.4 is 0 Å². The maximum absolute atomic E-state index is 11.8. The van der Waals surface area contributed by atoms with Crippen molar-refractivity contribution in [3.63, 3.8) is 0 Å². The van der Waals surface area contributed by atoms with Crippen LogP contribution in [0.25, 0.3) is 0 Å². The smallest absolute Gasteiger partial charge is 0.329 e. The van der Waals surface area contributed by atoms with Crippen LogP contribution >= 0.6 is 0 Å². The summed E-state index contributed by atoms with van der Waals surface area (Å²) in [6.07, 6.45) is 8.99. The van der Waals surface area contributed by atoms with E-state index < -0.39 is 23.8 Å². The number of carbonyl (C=O) groups excluding carboxylic acids is 3. The van der Waals surface area contributed by atoms with Gasteiger partial charge >= 0.3 is 5.97 Å². The predicted octanol–water partition coefficient (Wildman–Crippen LogP) is 2.20. The first-order valence-electron chi connectivity index (χ1n) is 7.29. The lowest BCUT2D eigenvalue weighted by Gasteiger charge is -2.20. The minimum Gasteiger partial charge on any atom is -0.464 e. The Balaban J connectivity index is 2.19. The lowest BCUT2D eigenvalue weighted by Crippen LogP contribution is -2.43.